The first-order chi connectivity index (χ1) is 22.6. The van der Waals surface area contributed by atoms with Crippen molar-refractivity contribution < 1.29 is 18.0 Å². The smallest absolute Gasteiger partial charge is 0.264 e. The highest BCUT2D eigenvalue weighted by molar-refractivity contribution is 7.92. The average molecular weight is 672 g/mol. The van der Waals surface area contributed by atoms with E-state index in [4.69, 9.17) is 11.6 Å². The molecule has 1 fully saturated rings. The zero-order chi connectivity index (χ0) is 33.4. The number of carbonyl (C=O) groups is 2. The van der Waals surface area contributed by atoms with E-state index in [1.54, 1.807) is 48.5 Å². The molecule has 9 heteroatoms. The lowest BCUT2D eigenvalue weighted by Crippen LogP contribution is -2.55. The van der Waals surface area contributed by atoms with Gasteiger partial charge in [0, 0.05) is 24.0 Å². The lowest BCUT2D eigenvalue weighted by Gasteiger charge is -2.35. The Morgan fingerprint density at radius 2 is 1.45 bits per heavy atom. The number of para-hydroxylation sites is 1. The summed E-state index contributed by atoms with van der Waals surface area (Å²) in [5, 5.41) is 3.79. The van der Waals surface area contributed by atoms with Crippen LogP contribution in [0, 0.1) is 13.8 Å². The number of benzene rings is 4. The Morgan fingerprint density at radius 1 is 0.809 bits per heavy atom. The predicted octanol–water partition coefficient (Wildman–Crippen LogP) is 7.24. The second-order valence-corrected chi connectivity index (χ2v) is 14.6. The van der Waals surface area contributed by atoms with Crippen LogP contribution in [0.25, 0.3) is 0 Å². The first kappa shape index (κ1) is 34.2. The number of carbonyl (C=O) groups excluding carboxylic acids is 2. The molecule has 0 heterocycles. The largest absolute Gasteiger partial charge is 0.352 e. The van der Waals surface area contributed by atoms with Crippen molar-refractivity contribution in [1.29, 1.82) is 0 Å². The second-order valence-electron chi connectivity index (χ2n) is 12.3. The van der Waals surface area contributed by atoms with Crippen LogP contribution in [0.5, 0.6) is 0 Å². The molecule has 0 spiro atoms. The van der Waals surface area contributed by atoms with Gasteiger partial charge in [0.25, 0.3) is 10.0 Å². The molecular formula is C38H42ClN3O4S. The molecule has 1 atom stereocenters. The van der Waals surface area contributed by atoms with Gasteiger partial charge in [0.15, 0.2) is 0 Å². The van der Waals surface area contributed by atoms with Crippen molar-refractivity contribution in [2.24, 2.45) is 0 Å². The first-order valence-electron chi connectivity index (χ1n) is 16.1. The van der Waals surface area contributed by atoms with Crippen molar-refractivity contribution in [3.63, 3.8) is 0 Å². The predicted molar refractivity (Wildman–Crippen MR) is 188 cm³/mol. The van der Waals surface area contributed by atoms with Crippen molar-refractivity contribution in [2.75, 3.05) is 10.8 Å². The van der Waals surface area contributed by atoms with E-state index >= 15 is 0 Å². The highest BCUT2D eigenvalue weighted by atomic mass is 35.5. The molecule has 2 amide bonds. The monoisotopic (exact) mass is 671 g/mol. The van der Waals surface area contributed by atoms with Crippen LogP contribution in [0.3, 0.4) is 0 Å². The third-order valence-corrected chi connectivity index (χ3v) is 10.8. The summed E-state index contributed by atoms with van der Waals surface area (Å²) in [6, 6.07) is 29.6. The summed E-state index contributed by atoms with van der Waals surface area (Å²) in [4.78, 5) is 30.5. The van der Waals surface area contributed by atoms with E-state index in [9.17, 15) is 18.0 Å². The fourth-order valence-electron chi connectivity index (χ4n) is 6.08. The number of halogens is 1. The van der Waals surface area contributed by atoms with E-state index in [0.717, 1.165) is 48.8 Å². The summed E-state index contributed by atoms with van der Waals surface area (Å²) in [7, 11) is -4.16. The molecule has 7 nitrogen and oxygen atoms in total. The van der Waals surface area contributed by atoms with Gasteiger partial charge in [-0.25, -0.2) is 8.42 Å². The third kappa shape index (κ3) is 8.82. The third-order valence-electron chi connectivity index (χ3n) is 8.76. The highest BCUT2D eigenvalue weighted by Gasteiger charge is 2.35. The lowest BCUT2D eigenvalue weighted by molar-refractivity contribution is -0.140. The van der Waals surface area contributed by atoms with Gasteiger partial charge in [-0.05, 0) is 73.7 Å². The SMILES string of the molecule is Cc1ccc(S(=O)(=O)N(CC(=O)N(Cc2ccc(Cl)cc2)[C@@H](Cc2ccccc2)C(=O)NC2CCCCC2)c2ccccc2C)cc1. The van der Waals surface area contributed by atoms with Crippen LogP contribution in [0.4, 0.5) is 5.69 Å². The summed E-state index contributed by atoms with van der Waals surface area (Å²) in [6.07, 6.45) is 5.29. The van der Waals surface area contributed by atoms with E-state index in [0.29, 0.717) is 16.3 Å². The summed E-state index contributed by atoms with van der Waals surface area (Å²) < 4.78 is 29.7. The van der Waals surface area contributed by atoms with Gasteiger partial charge >= 0.3 is 0 Å². The summed E-state index contributed by atoms with van der Waals surface area (Å²) in [5.41, 5.74) is 3.70. The normalized spacial score (nSPS) is 14.3. The Balaban J connectivity index is 1.56. The lowest BCUT2D eigenvalue weighted by atomic mass is 9.94. The van der Waals surface area contributed by atoms with E-state index in [2.05, 4.69) is 5.32 Å². The minimum Gasteiger partial charge on any atom is -0.352 e. The van der Waals surface area contributed by atoms with Crippen molar-refractivity contribution in [2.45, 2.75) is 75.9 Å². The molecular weight excluding hydrogens is 630 g/mol. The molecule has 0 aromatic heterocycles. The number of amides is 2. The van der Waals surface area contributed by atoms with Crippen LogP contribution in [0.15, 0.2) is 108 Å². The van der Waals surface area contributed by atoms with Gasteiger partial charge < -0.3 is 10.2 Å². The maximum atomic E-state index is 14.7. The molecule has 1 saturated carbocycles. The Morgan fingerprint density at radius 3 is 2.11 bits per heavy atom. The van der Waals surface area contributed by atoms with Crippen LogP contribution in [0.2, 0.25) is 5.02 Å². The maximum absolute atomic E-state index is 14.7. The molecule has 0 radical (unpaired) electrons. The van der Waals surface area contributed by atoms with Gasteiger partial charge in [-0.2, -0.15) is 0 Å². The van der Waals surface area contributed by atoms with Gasteiger partial charge in [0.1, 0.15) is 12.6 Å². The maximum Gasteiger partial charge on any atom is 0.264 e. The molecule has 1 aliphatic carbocycles. The van der Waals surface area contributed by atoms with Crippen LogP contribution in [-0.2, 0) is 32.6 Å². The minimum absolute atomic E-state index is 0.0346. The topological polar surface area (TPSA) is 86.8 Å². The number of aryl methyl sites for hydroxylation is 2. The number of nitrogens with zero attached hydrogens (tertiary/aromatic N) is 2. The van der Waals surface area contributed by atoms with Gasteiger partial charge in [-0.1, -0.05) is 109 Å². The number of nitrogens with one attached hydrogen (secondary N) is 1. The number of anilines is 1. The van der Waals surface area contributed by atoms with Gasteiger partial charge in [-0.3, -0.25) is 13.9 Å². The number of hydrogen-bond acceptors (Lipinski definition) is 4. The molecule has 0 unspecified atom stereocenters. The van der Waals surface area contributed by atoms with Crippen LogP contribution < -0.4 is 9.62 Å². The molecule has 5 rings (SSSR count). The molecule has 0 saturated heterocycles. The minimum atomic E-state index is -4.16. The molecule has 0 aliphatic heterocycles. The van der Waals surface area contributed by atoms with E-state index in [-0.39, 0.29) is 29.8 Å². The number of sulfonamides is 1. The van der Waals surface area contributed by atoms with Crippen molar-refractivity contribution >= 4 is 39.1 Å². The quantitative estimate of drug-likeness (QED) is 0.172. The Labute approximate surface area is 283 Å². The molecule has 0 bridgehead atoms. The fraction of sp³-hybridized carbons (Fsp3) is 0.316. The molecule has 4 aromatic rings. The van der Waals surface area contributed by atoms with Gasteiger partial charge in [0.2, 0.25) is 11.8 Å². The number of rotatable bonds is 12. The average Bonchev–Trinajstić information content (AvgIpc) is 3.07. The Bertz CT molecular complexity index is 1760. The Kier molecular flexibility index (Phi) is 11.4. The van der Waals surface area contributed by atoms with Crippen molar-refractivity contribution in [1.82, 2.24) is 10.2 Å². The highest BCUT2D eigenvalue weighted by Crippen LogP contribution is 2.28. The van der Waals surface area contributed by atoms with Crippen LogP contribution in [0.1, 0.15) is 54.4 Å². The van der Waals surface area contributed by atoms with E-state index in [1.165, 1.54) is 9.21 Å². The van der Waals surface area contributed by atoms with E-state index in [1.807, 2.05) is 68.4 Å². The summed E-state index contributed by atoms with van der Waals surface area (Å²) >= 11 is 6.19. The first-order valence-corrected chi connectivity index (χ1v) is 18.0. The van der Waals surface area contributed by atoms with Crippen molar-refractivity contribution in [3.05, 3.63) is 130 Å². The van der Waals surface area contributed by atoms with Crippen LogP contribution in [-0.4, -0.2) is 43.8 Å². The molecule has 4 aromatic carbocycles. The molecule has 246 valence electrons. The molecule has 47 heavy (non-hydrogen) atoms. The summed E-state index contributed by atoms with van der Waals surface area (Å²) in [6.45, 7) is 3.31. The molecule has 1 aliphatic rings. The molecule has 1 N–H and O–H groups in total. The van der Waals surface area contributed by atoms with Gasteiger partial charge in [0.05, 0.1) is 10.6 Å². The van der Waals surface area contributed by atoms with Crippen LogP contribution >= 0.6 is 11.6 Å². The summed E-state index contributed by atoms with van der Waals surface area (Å²) in [5.74, 6) is -0.731. The van der Waals surface area contributed by atoms with Crippen molar-refractivity contribution in [3.8, 4) is 0 Å². The zero-order valence-corrected chi connectivity index (χ0v) is 28.5. The second kappa shape index (κ2) is 15.6. The Hall–Kier alpha value is -4.14. The van der Waals surface area contributed by atoms with Gasteiger partial charge in [-0.15, -0.1) is 0 Å². The zero-order valence-electron chi connectivity index (χ0n) is 26.9. The standard InChI is InChI=1S/C38H42ClN3O4S/c1-28-17-23-34(24-18-28)47(45,46)42(35-16-10-9-11-29(35)2)27-37(43)41(26-31-19-21-32(39)22-20-31)36(25-30-12-5-3-6-13-30)38(44)40-33-14-7-4-8-15-33/h3,5-6,9-13,16-24,33,36H,4,7-8,14-15,25-27H2,1-2H3,(H,40,44)/t36-/m0/s1. The fourth-order valence-corrected chi connectivity index (χ4v) is 7.68. The number of hydrogen-bond donors (Lipinski definition) is 1. The van der Waals surface area contributed by atoms with E-state index < -0.39 is 28.5 Å².